The fourth-order valence-electron chi connectivity index (χ4n) is 2.64. The maximum absolute atomic E-state index is 5.58. The molecule has 15 heavy (non-hydrogen) atoms. The largest absolute Gasteiger partial charge is 0.355 e. The summed E-state index contributed by atoms with van der Waals surface area (Å²) in [6.45, 7) is 2.43. The summed E-state index contributed by atoms with van der Waals surface area (Å²) in [5.74, 6) is 0. The van der Waals surface area contributed by atoms with Gasteiger partial charge in [-0.1, -0.05) is 19.3 Å². The van der Waals surface area contributed by atoms with E-state index in [4.69, 9.17) is 9.47 Å². The lowest BCUT2D eigenvalue weighted by molar-refractivity contribution is -0.145. The van der Waals surface area contributed by atoms with Gasteiger partial charge in [-0.3, -0.25) is 0 Å². The van der Waals surface area contributed by atoms with E-state index in [1.54, 1.807) is 0 Å². The second kappa shape index (κ2) is 5.83. The van der Waals surface area contributed by atoms with Crippen LogP contribution in [-0.2, 0) is 9.47 Å². The summed E-state index contributed by atoms with van der Waals surface area (Å²) < 4.78 is 10.8. The van der Waals surface area contributed by atoms with Crippen molar-refractivity contribution >= 4 is 0 Å². The molecular formula is C12H23NO2. The fraction of sp³-hybridized carbons (Fsp3) is 1.00. The van der Waals surface area contributed by atoms with Crippen molar-refractivity contribution in [1.82, 2.24) is 4.90 Å². The average molecular weight is 213 g/mol. The first kappa shape index (κ1) is 11.4. The molecule has 0 aromatic heterocycles. The Morgan fingerprint density at radius 3 is 2.60 bits per heavy atom. The predicted octanol–water partition coefficient (Wildman–Crippen LogP) is 2.01. The minimum absolute atomic E-state index is 0.394. The topological polar surface area (TPSA) is 21.7 Å². The molecular weight excluding hydrogens is 190 g/mol. The number of ether oxygens (including phenoxy) is 2. The first-order chi connectivity index (χ1) is 7.36. The molecule has 0 aromatic carbocycles. The summed E-state index contributed by atoms with van der Waals surface area (Å²) in [6.07, 6.45) is 8.44. The van der Waals surface area contributed by atoms with Crippen LogP contribution in [0.3, 0.4) is 0 Å². The van der Waals surface area contributed by atoms with Crippen LogP contribution in [0, 0.1) is 0 Å². The Hall–Kier alpha value is -0.120. The van der Waals surface area contributed by atoms with Gasteiger partial charge in [-0.15, -0.1) is 0 Å². The van der Waals surface area contributed by atoms with Crippen molar-refractivity contribution in [1.29, 1.82) is 0 Å². The third-order valence-electron chi connectivity index (χ3n) is 3.66. The Morgan fingerprint density at radius 2 is 1.93 bits per heavy atom. The quantitative estimate of drug-likeness (QED) is 0.716. The zero-order valence-corrected chi connectivity index (χ0v) is 9.78. The SMILES string of the molecule is CN(CC1CCOCO1)C1CCCCC1. The monoisotopic (exact) mass is 213 g/mol. The minimum Gasteiger partial charge on any atom is -0.355 e. The van der Waals surface area contributed by atoms with Gasteiger partial charge in [0.05, 0.1) is 12.7 Å². The number of nitrogens with zero attached hydrogens (tertiary/aromatic N) is 1. The normalized spacial score (nSPS) is 29.6. The van der Waals surface area contributed by atoms with Crippen molar-refractivity contribution in [2.75, 3.05) is 27.0 Å². The summed E-state index contributed by atoms with van der Waals surface area (Å²) in [5.41, 5.74) is 0. The molecule has 2 rings (SSSR count). The van der Waals surface area contributed by atoms with E-state index in [0.29, 0.717) is 12.9 Å². The summed E-state index contributed by atoms with van der Waals surface area (Å²) in [5, 5.41) is 0. The average Bonchev–Trinajstić information content (AvgIpc) is 2.31. The van der Waals surface area contributed by atoms with E-state index in [9.17, 15) is 0 Å². The molecule has 88 valence electrons. The van der Waals surface area contributed by atoms with Crippen LogP contribution >= 0.6 is 0 Å². The highest BCUT2D eigenvalue weighted by Gasteiger charge is 2.22. The standard InChI is InChI=1S/C12H23NO2/c1-13(11-5-3-2-4-6-11)9-12-7-8-14-10-15-12/h11-12H,2-10H2,1H3. The van der Waals surface area contributed by atoms with Crippen LogP contribution in [0.15, 0.2) is 0 Å². The van der Waals surface area contributed by atoms with Crippen LogP contribution in [0.5, 0.6) is 0 Å². The van der Waals surface area contributed by atoms with Gasteiger partial charge in [0, 0.05) is 12.6 Å². The molecule has 3 heteroatoms. The van der Waals surface area contributed by atoms with Gasteiger partial charge in [0.25, 0.3) is 0 Å². The Morgan fingerprint density at radius 1 is 1.13 bits per heavy atom. The van der Waals surface area contributed by atoms with Crippen LogP contribution in [0.25, 0.3) is 0 Å². The smallest absolute Gasteiger partial charge is 0.147 e. The summed E-state index contributed by atoms with van der Waals surface area (Å²) >= 11 is 0. The first-order valence-corrected chi connectivity index (χ1v) is 6.26. The second-order valence-corrected chi connectivity index (χ2v) is 4.83. The number of rotatable bonds is 3. The van der Waals surface area contributed by atoms with Crippen LogP contribution in [-0.4, -0.2) is 44.0 Å². The molecule has 1 heterocycles. The Balaban J connectivity index is 1.72. The van der Waals surface area contributed by atoms with Gasteiger partial charge in [-0.25, -0.2) is 0 Å². The van der Waals surface area contributed by atoms with E-state index < -0.39 is 0 Å². The zero-order chi connectivity index (χ0) is 10.5. The lowest BCUT2D eigenvalue weighted by Gasteiger charge is -2.34. The van der Waals surface area contributed by atoms with Crippen molar-refractivity contribution < 1.29 is 9.47 Å². The molecule has 1 saturated heterocycles. The highest BCUT2D eigenvalue weighted by Crippen LogP contribution is 2.22. The molecule has 1 atom stereocenters. The van der Waals surface area contributed by atoms with E-state index in [1.807, 2.05) is 0 Å². The lowest BCUT2D eigenvalue weighted by atomic mass is 9.94. The Labute approximate surface area is 92.7 Å². The van der Waals surface area contributed by atoms with Gasteiger partial charge in [0.15, 0.2) is 0 Å². The Kier molecular flexibility index (Phi) is 4.42. The molecule has 1 aliphatic carbocycles. The van der Waals surface area contributed by atoms with E-state index in [0.717, 1.165) is 25.6 Å². The van der Waals surface area contributed by atoms with Crippen molar-refractivity contribution in [3.8, 4) is 0 Å². The molecule has 2 aliphatic rings. The van der Waals surface area contributed by atoms with Gasteiger partial charge in [0.2, 0.25) is 0 Å². The molecule has 3 nitrogen and oxygen atoms in total. The fourth-order valence-corrected chi connectivity index (χ4v) is 2.64. The predicted molar refractivity (Wildman–Crippen MR) is 59.8 cm³/mol. The van der Waals surface area contributed by atoms with Crippen LogP contribution in [0.4, 0.5) is 0 Å². The van der Waals surface area contributed by atoms with Gasteiger partial charge in [-0.05, 0) is 26.3 Å². The summed E-state index contributed by atoms with van der Waals surface area (Å²) in [6, 6.07) is 0.796. The van der Waals surface area contributed by atoms with E-state index in [1.165, 1.54) is 32.1 Å². The Bertz CT molecular complexity index is 174. The molecule has 0 N–H and O–H groups in total. The van der Waals surface area contributed by atoms with Gasteiger partial charge >= 0.3 is 0 Å². The number of hydrogen-bond acceptors (Lipinski definition) is 3. The van der Waals surface area contributed by atoms with Crippen LogP contribution < -0.4 is 0 Å². The summed E-state index contributed by atoms with van der Waals surface area (Å²) in [7, 11) is 2.24. The molecule has 0 amide bonds. The van der Waals surface area contributed by atoms with Crippen molar-refractivity contribution in [2.24, 2.45) is 0 Å². The van der Waals surface area contributed by atoms with Crippen LogP contribution in [0.1, 0.15) is 38.5 Å². The van der Waals surface area contributed by atoms with Crippen molar-refractivity contribution in [3.05, 3.63) is 0 Å². The van der Waals surface area contributed by atoms with E-state index in [2.05, 4.69) is 11.9 Å². The van der Waals surface area contributed by atoms with Gasteiger partial charge in [-0.2, -0.15) is 0 Å². The molecule has 0 spiro atoms. The van der Waals surface area contributed by atoms with Crippen molar-refractivity contribution in [3.63, 3.8) is 0 Å². The molecule has 0 aromatic rings. The van der Waals surface area contributed by atoms with Gasteiger partial charge < -0.3 is 14.4 Å². The third-order valence-corrected chi connectivity index (χ3v) is 3.66. The number of hydrogen-bond donors (Lipinski definition) is 0. The molecule has 0 radical (unpaired) electrons. The second-order valence-electron chi connectivity index (χ2n) is 4.83. The molecule has 1 aliphatic heterocycles. The first-order valence-electron chi connectivity index (χ1n) is 6.26. The zero-order valence-electron chi connectivity index (χ0n) is 9.78. The maximum Gasteiger partial charge on any atom is 0.147 e. The maximum atomic E-state index is 5.58. The summed E-state index contributed by atoms with van der Waals surface area (Å²) in [4.78, 5) is 2.50. The number of likely N-dealkylation sites (N-methyl/N-ethyl adjacent to an activating group) is 1. The third kappa shape index (κ3) is 3.44. The molecule has 2 fully saturated rings. The molecule has 1 unspecified atom stereocenters. The molecule has 0 bridgehead atoms. The highest BCUT2D eigenvalue weighted by atomic mass is 16.7. The van der Waals surface area contributed by atoms with E-state index in [-0.39, 0.29) is 0 Å². The van der Waals surface area contributed by atoms with Crippen molar-refractivity contribution in [2.45, 2.75) is 50.7 Å². The van der Waals surface area contributed by atoms with E-state index >= 15 is 0 Å². The highest BCUT2D eigenvalue weighted by molar-refractivity contribution is 4.76. The van der Waals surface area contributed by atoms with Gasteiger partial charge in [0.1, 0.15) is 6.79 Å². The minimum atomic E-state index is 0.394. The lowest BCUT2D eigenvalue weighted by Crippen LogP contribution is -2.41. The van der Waals surface area contributed by atoms with Crippen LogP contribution in [0.2, 0.25) is 0 Å². The molecule has 1 saturated carbocycles.